The van der Waals surface area contributed by atoms with E-state index in [1.54, 1.807) is 13.0 Å². The highest BCUT2D eigenvalue weighted by Gasteiger charge is 2.47. The Morgan fingerprint density at radius 3 is 1.90 bits per heavy atom. The van der Waals surface area contributed by atoms with Gasteiger partial charge in [0.1, 0.15) is 30.1 Å². The van der Waals surface area contributed by atoms with E-state index in [0.29, 0.717) is 13.0 Å². The van der Waals surface area contributed by atoms with E-state index in [4.69, 9.17) is 14.2 Å². The number of Topliss-reactive ketones (excluding diaryl/α,β-unsaturated/α-hetero) is 1. The number of ether oxygens (including phenoxy) is 3. The maximum atomic E-state index is 12.9. The zero-order valence-corrected chi connectivity index (χ0v) is 26.3. The van der Waals surface area contributed by atoms with Gasteiger partial charge in [0.05, 0.1) is 19.3 Å². The molecule has 1 amide bonds. The highest BCUT2D eigenvalue weighted by Crippen LogP contribution is 2.25. The van der Waals surface area contributed by atoms with Gasteiger partial charge in [-0.05, 0) is 19.8 Å². The van der Waals surface area contributed by atoms with Crippen molar-refractivity contribution in [1.82, 2.24) is 5.32 Å². The van der Waals surface area contributed by atoms with E-state index < -0.39 is 43.2 Å². The van der Waals surface area contributed by atoms with E-state index in [1.807, 2.05) is 0 Å². The number of aliphatic hydroxyl groups excluding tert-OH is 2. The molecule has 1 saturated heterocycles. The standard InChI is InChI=1S/C33H61NO7/c1-4-7-9-11-13-15-16-18-20-22-27(36)25-29(37)34-30-32(39-24-21-19-17-14-12-10-8-5-2)31(38)28(26-35)41-33(30)40-23-6-3/h6,23,28,30-33,35,38H,4-5,7-22,24-26H2,1-3H3,(H,34,37)/b23-6-/t28-,30-,31-,32-,33+/m1/s1. The van der Waals surface area contributed by atoms with Crippen molar-refractivity contribution in [2.45, 2.75) is 173 Å². The van der Waals surface area contributed by atoms with Crippen LogP contribution in [0.3, 0.4) is 0 Å². The van der Waals surface area contributed by atoms with Gasteiger partial charge < -0.3 is 29.7 Å². The van der Waals surface area contributed by atoms with Crippen LogP contribution >= 0.6 is 0 Å². The van der Waals surface area contributed by atoms with E-state index in [1.165, 1.54) is 76.9 Å². The summed E-state index contributed by atoms with van der Waals surface area (Å²) in [7, 11) is 0. The molecule has 0 spiro atoms. The first-order valence-corrected chi connectivity index (χ1v) is 16.6. The summed E-state index contributed by atoms with van der Waals surface area (Å²) in [5.41, 5.74) is 0. The van der Waals surface area contributed by atoms with Crippen LogP contribution in [0.1, 0.15) is 143 Å². The number of carbonyl (C=O) groups is 2. The fourth-order valence-corrected chi connectivity index (χ4v) is 5.29. The summed E-state index contributed by atoms with van der Waals surface area (Å²) in [4.78, 5) is 25.4. The van der Waals surface area contributed by atoms with Gasteiger partial charge >= 0.3 is 0 Å². The van der Waals surface area contributed by atoms with Gasteiger partial charge in [-0.2, -0.15) is 0 Å². The van der Waals surface area contributed by atoms with Gasteiger partial charge in [0.25, 0.3) is 0 Å². The van der Waals surface area contributed by atoms with Crippen molar-refractivity contribution in [3.63, 3.8) is 0 Å². The van der Waals surface area contributed by atoms with Gasteiger partial charge in [0, 0.05) is 13.0 Å². The van der Waals surface area contributed by atoms with Crippen LogP contribution in [-0.2, 0) is 23.8 Å². The molecule has 1 rings (SSSR count). The molecule has 0 aliphatic carbocycles. The number of allylic oxidation sites excluding steroid dienone is 1. The van der Waals surface area contributed by atoms with Crippen LogP contribution in [0.4, 0.5) is 0 Å². The van der Waals surface area contributed by atoms with Crippen molar-refractivity contribution in [2.75, 3.05) is 13.2 Å². The molecule has 1 aliphatic heterocycles. The number of hydrogen-bond acceptors (Lipinski definition) is 7. The molecule has 5 atom stereocenters. The average molecular weight is 584 g/mol. The zero-order valence-electron chi connectivity index (χ0n) is 26.3. The summed E-state index contributed by atoms with van der Waals surface area (Å²) >= 11 is 0. The van der Waals surface area contributed by atoms with E-state index in [-0.39, 0.29) is 12.2 Å². The molecule has 8 heteroatoms. The molecule has 0 aromatic rings. The summed E-state index contributed by atoms with van der Waals surface area (Å²) in [5, 5.41) is 23.5. The van der Waals surface area contributed by atoms with Crippen molar-refractivity contribution >= 4 is 11.7 Å². The molecule has 0 aromatic carbocycles. The lowest BCUT2D eigenvalue weighted by Crippen LogP contribution is -2.65. The molecule has 240 valence electrons. The molecule has 1 aliphatic rings. The molecule has 41 heavy (non-hydrogen) atoms. The topological polar surface area (TPSA) is 114 Å². The van der Waals surface area contributed by atoms with Crippen LogP contribution in [0, 0.1) is 0 Å². The average Bonchev–Trinajstić information content (AvgIpc) is 2.96. The molecule has 0 bridgehead atoms. The lowest BCUT2D eigenvalue weighted by molar-refractivity contribution is -0.263. The lowest BCUT2D eigenvalue weighted by Gasteiger charge is -2.43. The van der Waals surface area contributed by atoms with Crippen molar-refractivity contribution in [1.29, 1.82) is 0 Å². The molecular formula is C33H61NO7. The first-order valence-electron chi connectivity index (χ1n) is 16.6. The quantitative estimate of drug-likeness (QED) is 0.0604. The molecule has 0 unspecified atom stereocenters. The van der Waals surface area contributed by atoms with Crippen LogP contribution in [0.5, 0.6) is 0 Å². The Morgan fingerprint density at radius 1 is 0.829 bits per heavy atom. The second-order valence-electron chi connectivity index (χ2n) is 11.5. The Bertz CT molecular complexity index is 686. The molecule has 0 radical (unpaired) electrons. The third kappa shape index (κ3) is 17.3. The summed E-state index contributed by atoms with van der Waals surface area (Å²) in [6.07, 6.45) is 19.2. The van der Waals surface area contributed by atoms with E-state index in [2.05, 4.69) is 19.2 Å². The Hall–Kier alpha value is -1.48. The van der Waals surface area contributed by atoms with Crippen molar-refractivity contribution in [3.05, 3.63) is 12.3 Å². The summed E-state index contributed by atoms with van der Waals surface area (Å²) < 4.78 is 17.5. The molecule has 8 nitrogen and oxygen atoms in total. The Labute approximate surface area is 250 Å². The van der Waals surface area contributed by atoms with E-state index in [9.17, 15) is 19.8 Å². The normalized spacial score (nSPS) is 22.7. The largest absolute Gasteiger partial charge is 0.471 e. The maximum Gasteiger partial charge on any atom is 0.227 e. The van der Waals surface area contributed by atoms with Crippen molar-refractivity contribution < 1.29 is 34.0 Å². The maximum absolute atomic E-state index is 12.9. The van der Waals surface area contributed by atoms with Gasteiger partial charge in [-0.1, -0.05) is 116 Å². The minimum absolute atomic E-state index is 0.0988. The van der Waals surface area contributed by atoms with Gasteiger partial charge in [0.15, 0.2) is 0 Å². The molecule has 0 aromatic heterocycles. The van der Waals surface area contributed by atoms with E-state index >= 15 is 0 Å². The first-order chi connectivity index (χ1) is 20.0. The third-order valence-electron chi connectivity index (χ3n) is 7.76. The van der Waals surface area contributed by atoms with Crippen LogP contribution in [0.25, 0.3) is 0 Å². The number of hydrogen-bond donors (Lipinski definition) is 3. The van der Waals surface area contributed by atoms with Crippen LogP contribution in [0.15, 0.2) is 12.3 Å². The zero-order chi connectivity index (χ0) is 30.1. The molecule has 0 saturated carbocycles. The number of amides is 1. The highest BCUT2D eigenvalue weighted by molar-refractivity contribution is 5.98. The Kier molecular flexibility index (Phi) is 22.9. The minimum atomic E-state index is -1.15. The van der Waals surface area contributed by atoms with Crippen LogP contribution in [-0.4, -0.2) is 65.8 Å². The van der Waals surface area contributed by atoms with Gasteiger partial charge in [-0.15, -0.1) is 0 Å². The van der Waals surface area contributed by atoms with Crippen molar-refractivity contribution in [3.8, 4) is 0 Å². The third-order valence-corrected chi connectivity index (χ3v) is 7.76. The number of carbonyl (C=O) groups excluding carboxylic acids is 2. The van der Waals surface area contributed by atoms with Crippen molar-refractivity contribution in [2.24, 2.45) is 0 Å². The Morgan fingerprint density at radius 2 is 1.37 bits per heavy atom. The number of unbranched alkanes of at least 4 members (excludes halogenated alkanes) is 15. The van der Waals surface area contributed by atoms with Gasteiger partial charge in [-0.25, -0.2) is 0 Å². The fraction of sp³-hybridized carbons (Fsp3) is 0.879. The van der Waals surface area contributed by atoms with Crippen LogP contribution in [0.2, 0.25) is 0 Å². The van der Waals surface area contributed by atoms with Gasteiger partial charge in [-0.3, -0.25) is 9.59 Å². The predicted molar refractivity (Wildman–Crippen MR) is 163 cm³/mol. The first kappa shape index (κ1) is 37.5. The minimum Gasteiger partial charge on any atom is -0.471 e. The molecular weight excluding hydrogens is 522 g/mol. The molecule has 1 heterocycles. The lowest BCUT2D eigenvalue weighted by atomic mass is 9.96. The molecule has 1 fully saturated rings. The molecule has 3 N–H and O–H groups in total. The summed E-state index contributed by atoms with van der Waals surface area (Å²) in [5.74, 6) is -0.540. The monoisotopic (exact) mass is 583 g/mol. The number of aliphatic hydroxyl groups is 2. The predicted octanol–water partition coefficient (Wildman–Crippen LogP) is 6.51. The number of rotatable bonds is 26. The summed E-state index contributed by atoms with van der Waals surface area (Å²) in [6, 6.07) is -0.828. The smallest absolute Gasteiger partial charge is 0.227 e. The summed E-state index contributed by atoms with van der Waals surface area (Å²) in [6.45, 7) is 6.22. The SMILES string of the molecule is C/C=C\O[C@H]1O[C@H](CO)[C@@H](O)[C@H](OCCCCCCCCCC)[C@H]1NC(=O)CC(=O)CCCCCCCCCCC. The second-order valence-corrected chi connectivity index (χ2v) is 11.5. The number of nitrogens with one attached hydrogen (secondary N) is 1. The number of ketones is 1. The fourth-order valence-electron chi connectivity index (χ4n) is 5.29. The Balaban J connectivity index is 2.56. The highest BCUT2D eigenvalue weighted by atomic mass is 16.7. The van der Waals surface area contributed by atoms with Gasteiger partial charge in [0.2, 0.25) is 12.2 Å². The second kappa shape index (κ2) is 25.1. The van der Waals surface area contributed by atoms with Crippen LogP contribution < -0.4 is 5.32 Å². The van der Waals surface area contributed by atoms with E-state index in [0.717, 1.165) is 38.5 Å².